The number of benzene rings is 2. The number of likely N-dealkylation sites (tertiary alicyclic amines) is 1. The van der Waals surface area contributed by atoms with Crippen LogP contribution < -0.4 is 10.5 Å². The number of rotatable bonds is 8. The van der Waals surface area contributed by atoms with Crippen molar-refractivity contribution in [2.75, 3.05) is 26.2 Å². The number of nitrogens with zero attached hydrogens (tertiary/aromatic N) is 1. The van der Waals surface area contributed by atoms with Gasteiger partial charge in [0.2, 0.25) is 5.91 Å². The summed E-state index contributed by atoms with van der Waals surface area (Å²) < 4.78 is 6.81. The molecule has 0 bridgehead atoms. The standard InChI is InChI=1S/C23H28BrClN2O2/c1-2-29-21-3-4-22(24)18(15-21)11-16-5-8-27(9-6-16)10-7-17-12-19(23(26)28)14-20(25)13-17/h3-4,12-16H,2,5-11H2,1H3,(H2,26,28). The Morgan fingerprint density at radius 1 is 1.24 bits per heavy atom. The minimum absolute atomic E-state index is 0.436. The van der Waals surface area contributed by atoms with Gasteiger partial charge in [-0.15, -0.1) is 0 Å². The topological polar surface area (TPSA) is 55.6 Å². The molecule has 0 atom stereocenters. The van der Waals surface area contributed by atoms with Crippen LogP contribution in [0.1, 0.15) is 41.3 Å². The molecule has 0 unspecified atom stereocenters. The lowest BCUT2D eigenvalue weighted by Crippen LogP contribution is -2.35. The van der Waals surface area contributed by atoms with E-state index in [1.54, 1.807) is 6.07 Å². The van der Waals surface area contributed by atoms with Crippen LogP contribution in [0.3, 0.4) is 0 Å². The van der Waals surface area contributed by atoms with E-state index in [9.17, 15) is 4.79 Å². The SMILES string of the molecule is CCOc1ccc(Br)c(CC2CCN(CCc3cc(Cl)cc(C(N)=O)c3)CC2)c1. The van der Waals surface area contributed by atoms with Crippen molar-refractivity contribution in [3.63, 3.8) is 0 Å². The number of hydrogen-bond donors (Lipinski definition) is 1. The maximum absolute atomic E-state index is 11.4. The number of carbonyl (C=O) groups excluding carboxylic acids is 1. The first-order valence-electron chi connectivity index (χ1n) is 10.2. The summed E-state index contributed by atoms with van der Waals surface area (Å²) >= 11 is 9.80. The normalized spacial score (nSPS) is 15.4. The van der Waals surface area contributed by atoms with Crippen molar-refractivity contribution in [2.24, 2.45) is 11.7 Å². The fourth-order valence-electron chi connectivity index (χ4n) is 3.91. The Hall–Kier alpha value is -1.56. The van der Waals surface area contributed by atoms with E-state index in [1.807, 2.05) is 25.1 Å². The van der Waals surface area contributed by atoms with E-state index in [2.05, 4.69) is 33.0 Å². The zero-order valence-corrected chi connectivity index (χ0v) is 19.1. The smallest absolute Gasteiger partial charge is 0.248 e. The highest BCUT2D eigenvalue weighted by molar-refractivity contribution is 9.10. The number of primary amides is 1. The lowest BCUT2D eigenvalue weighted by molar-refractivity contribution is 0.1000. The van der Waals surface area contributed by atoms with Crippen molar-refractivity contribution in [3.05, 3.63) is 62.6 Å². The van der Waals surface area contributed by atoms with Gasteiger partial charge < -0.3 is 15.4 Å². The molecule has 1 fully saturated rings. The molecule has 1 aliphatic rings. The van der Waals surface area contributed by atoms with Gasteiger partial charge in [-0.3, -0.25) is 4.79 Å². The molecule has 156 valence electrons. The van der Waals surface area contributed by atoms with Crippen LogP contribution >= 0.6 is 27.5 Å². The predicted octanol–water partition coefficient (Wildman–Crippen LogP) is 5.10. The van der Waals surface area contributed by atoms with E-state index in [-0.39, 0.29) is 0 Å². The minimum Gasteiger partial charge on any atom is -0.494 e. The van der Waals surface area contributed by atoms with Gasteiger partial charge in [-0.1, -0.05) is 27.5 Å². The van der Waals surface area contributed by atoms with Crippen LogP contribution in [-0.4, -0.2) is 37.0 Å². The summed E-state index contributed by atoms with van der Waals surface area (Å²) in [6, 6.07) is 11.7. The van der Waals surface area contributed by atoms with Gasteiger partial charge in [0.15, 0.2) is 0 Å². The third-order valence-corrected chi connectivity index (χ3v) is 6.49. The molecule has 1 saturated heterocycles. The molecule has 2 aromatic carbocycles. The summed E-state index contributed by atoms with van der Waals surface area (Å²) in [5.74, 6) is 1.20. The highest BCUT2D eigenvalue weighted by Crippen LogP contribution is 2.29. The molecule has 0 aliphatic carbocycles. The fourth-order valence-corrected chi connectivity index (χ4v) is 4.58. The van der Waals surface area contributed by atoms with Gasteiger partial charge in [0, 0.05) is 21.6 Å². The van der Waals surface area contributed by atoms with E-state index in [1.165, 1.54) is 18.4 Å². The van der Waals surface area contributed by atoms with E-state index >= 15 is 0 Å². The number of carbonyl (C=O) groups is 1. The van der Waals surface area contributed by atoms with Crippen molar-refractivity contribution < 1.29 is 9.53 Å². The third kappa shape index (κ3) is 6.46. The highest BCUT2D eigenvalue weighted by Gasteiger charge is 2.20. The molecule has 2 N–H and O–H groups in total. The molecule has 0 saturated carbocycles. The molecule has 2 aromatic rings. The summed E-state index contributed by atoms with van der Waals surface area (Å²) in [5.41, 5.74) is 8.25. The summed E-state index contributed by atoms with van der Waals surface area (Å²) in [6.07, 6.45) is 4.32. The molecule has 0 spiro atoms. The summed E-state index contributed by atoms with van der Waals surface area (Å²) in [4.78, 5) is 13.9. The van der Waals surface area contributed by atoms with Crippen LogP contribution in [0.2, 0.25) is 5.02 Å². The van der Waals surface area contributed by atoms with Crippen molar-refractivity contribution >= 4 is 33.4 Å². The van der Waals surface area contributed by atoms with Crippen LogP contribution in [0.15, 0.2) is 40.9 Å². The fraction of sp³-hybridized carbons (Fsp3) is 0.435. The van der Waals surface area contributed by atoms with Crippen LogP contribution in [0, 0.1) is 5.92 Å². The van der Waals surface area contributed by atoms with E-state index in [4.69, 9.17) is 22.1 Å². The first kappa shape index (κ1) is 22.1. The monoisotopic (exact) mass is 478 g/mol. The molecule has 1 aliphatic heterocycles. The molecule has 29 heavy (non-hydrogen) atoms. The van der Waals surface area contributed by atoms with Crippen molar-refractivity contribution in [1.82, 2.24) is 4.90 Å². The Kier molecular flexibility index (Phi) is 7.99. The van der Waals surface area contributed by atoms with Gasteiger partial charge in [-0.05, 0) is 99.1 Å². The molecule has 1 heterocycles. The number of halogens is 2. The summed E-state index contributed by atoms with van der Waals surface area (Å²) in [6.45, 7) is 5.85. The molecule has 1 amide bonds. The number of amides is 1. The maximum atomic E-state index is 11.4. The molecular formula is C23H28BrClN2O2. The second-order valence-corrected chi connectivity index (χ2v) is 8.93. The molecular weight excluding hydrogens is 452 g/mol. The number of piperidine rings is 1. The third-order valence-electron chi connectivity index (χ3n) is 5.50. The van der Waals surface area contributed by atoms with Crippen molar-refractivity contribution in [1.29, 1.82) is 0 Å². The average molecular weight is 480 g/mol. The molecule has 0 radical (unpaired) electrons. The van der Waals surface area contributed by atoms with Crippen molar-refractivity contribution in [2.45, 2.75) is 32.6 Å². The quantitative estimate of drug-likeness (QED) is 0.573. The Bertz CT molecular complexity index is 851. The van der Waals surface area contributed by atoms with Gasteiger partial charge in [0.25, 0.3) is 0 Å². The van der Waals surface area contributed by atoms with E-state index in [0.29, 0.717) is 23.1 Å². The van der Waals surface area contributed by atoms with Crippen LogP contribution in [-0.2, 0) is 12.8 Å². The molecule has 0 aromatic heterocycles. The highest BCUT2D eigenvalue weighted by atomic mass is 79.9. The molecule has 3 rings (SSSR count). The Balaban J connectivity index is 1.50. The van der Waals surface area contributed by atoms with Gasteiger partial charge in [-0.25, -0.2) is 0 Å². The Labute approximate surface area is 186 Å². The minimum atomic E-state index is -0.436. The Morgan fingerprint density at radius 3 is 2.69 bits per heavy atom. The van der Waals surface area contributed by atoms with Gasteiger partial charge in [-0.2, -0.15) is 0 Å². The van der Waals surface area contributed by atoms with Crippen LogP contribution in [0.25, 0.3) is 0 Å². The maximum Gasteiger partial charge on any atom is 0.248 e. The zero-order chi connectivity index (χ0) is 20.8. The first-order valence-corrected chi connectivity index (χ1v) is 11.3. The average Bonchev–Trinajstić information content (AvgIpc) is 2.70. The molecule has 6 heteroatoms. The van der Waals surface area contributed by atoms with Gasteiger partial charge in [0.05, 0.1) is 6.61 Å². The van der Waals surface area contributed by atoms with Gasteiger partial charge in [0.1, 0.15) is 5.75 Å². The van der Waals surface area contributed by atoms with Gasteiger partial charge >= 0.3 is 0 Å². The van der Waals surface area contributed by atoms with E-state index < -0.39 is 5.91 Å². The predicted molar refractivity (Wildman–Crippen MR) is 122 cm³/mol. The lowest BCUT2D eigenvalue weighted by Gasteiger charge is -2.32. The van der Waals surface area contributed by atoms with Crippen LogP contribution in [0.5, 0.6) is 5.75 Å². The zero-order valence-electron chi connectivity index (χ0n) is 16.8. The summed E-state index contributed by atoms with van der Waals surface area (Å²) in [7, 11) is 0. The second kappa shape index (κ2) is 10.5. The molecule has 4 nitrogen and oxygen atoms in total. The largest absolute Gasteiger partial charge is 0.494 e. The van der Waals surface area contributed by atoms with Crippen LogP contribution in [0.4, 0.5) is 0 Å². The first-order chi connectivity index (χ1) is 13.9. The number of nitrogens with two attached hydrogens (primary N) is 1. The Morgan fingerprint density at radius 2 is 2.00 bits per heavy atom. The number of ether oxygens (including phenoxy) is 1. The number of hydrogen-bond acceptors (Lipinski definition) is 3. The summed E-state index contributed by atoms with van der Waals surface area (Å²) in [5, 5.41) is 0.565. The van der Waals surface area contributed by atoms with E-state index in [0.717, 1.165) is 48.3 Å². The second-order valence-electron chi connectivity index (χ2n) is 7.64. The van der Waals surface area contributed by atoms with Crippen molar-refractivity contribution in [3.8, 4) is 5.75 Å². The lowest BCUT2D eigenvalue weighted by atomic mass is 9.90.